The average Bonchev–Trinajstić information content (AvgIpc) is 4.04. The maximum atomic E-state index is 6.49. The highest BCUT2D eigenvalue weighted by Gasteiger charge is 2.36. The zero-order valence-corrected chi connectivity index (χ0v) is 33.2. The minimum Gasteiger partial charge on any atom is -0.456 e. The molecule has 4 aromatic heterocycles. The van der Waals surface area contributed by atoms with Gasteiger partial charge in [0.05, 0.1) is 11.1 Å². The van der Waals surface area contributed by atoms with E-state index in [9.17, 15) is 0 Å². The summed E-state index contributed by atoms with van der Waals surface area (Å²) in [4.78, 5) is 18.3. The highest BCUT2D eigenvalue weighted by Crippen LogP contribution is 2.51. The molecule has 0 saturated carbocycles. The first kappa shape index (κ1) is 33.9. The van der Waals surface area contributed by atoms with Crippen molar-refractivity contribution in [1.82, 2.24) is 15.0 Å². The van der Waals surface area contributed by atoms with Gasteiger partial charge in [0, 0.05) is 49.2 Å². The molecule has 7 heteroatoms. The molecule has 61 heavy (non-hydrogen) atoms. The standard InChI is InChI=1S/C54H34N4O3/c1-54(2)41-16-7-3-12-34(41)35-25-24-33(30-42(35)54)58(43-17-11-21-49-50(43)38-15-6-10-20-46(38)61-49)53-56-51(31-22-26-47-39(28-31)36-13-4-8-18-44(36)59-47)55-52(57-53)32-23-27-48-40(29-32)37-14-5-9-19-45(37)60-48/h3-30H,1-2H3. The first-order chi connectivity index (χ1) is 30.0. The molecule has 0 bridgehead atoms. The maximum Gasteiger partial charge on any atom is 0.238 e. The monoisotopic (exact) mass is 786 g/mol. The Morgan fingerprint density at radius 3 is 1.61 bits per heavy atom. The predicted molar refractivity (Wildman–Crippen MR) is 245 cm³/mol. The van der Waals surface area contributed by atoms with Crippen molar-refractivity contribution in [2.75, 3.05) is 4.90 Å². The Labute approximate surface area is 349 Å². The van der Waals surface area contributed by atoms with Gasteiger partial charge in [0.25, 0.3) is 0 Å². The number of benzene rings is 8. The third-order valence-electron chi connectivity index (χ3n) is 12.5. The SMILES string of the molecule is CC1(C)c2ccccc2-c2ccc(N(c3nc(-c4ccc5oc6ccccc6c5c4)nc(-c4ccc5oc6ccccc6c5c4)n3)c3cccc4oc5ccccc5c34)cc21. The first-order valence-corrected chi connectivity index (χ1v) is 20.5. The quantitative estimate of drug-likeness (QED) is 0.172. The van der Waals surface area contributed by atoms with E-state index in [2.05, 4.69) is 104 Å². The minimum atomic E-state index is -0.233. The fraction of sp³-hybridized carbons (Fsp3) is 0.0556. The van der Waals surface area contributed by atoms with Gasteiger partial charge in [-0.2, -0.15) is 9.97 Å². The molecule has 4 heterocycles. The summed E-state index contributed by atoms with van der Waals surface area (Å²) in [5, 5.41) is 6.05. The Bertz CT molecular complexity index is 3650. The van der Waals surface area contributed by atoms with Crippen molar-refractivity contribution in [3.05, 3.63) is 181 Å². The Hall–Kier alpha value is -8.03. The number of rotatable bonds is 5. The number of furan rings is 3. The molecule has 8 aromatic carbocycles. The second-order valence-electron chi connectivity index (χ2n) is 16.4. The van der Waals surface area contributed by atoms with Crippen molar-refractivity contribution in [1.29, 1.82) is 0 Å². The van der Waals surface area contributed by atoms with Crippen LogP contribution in [0.1, 0.15) is 25.0 Å². The van der Waals surface area contributed by atoms with E-state index in [1.54, 1.807) is 0 Å². The highest BCUT2D eigenvalue weighted by atomic mass is 16.3. The zero-order chi connectivity index (χ0) is 40.4. The predicted octanol–water partition coefficient (Wildman–Crippen LogP) is 14.7. The Balaban J connectivity index is 1.10. The lowest BCUT2D eigenvalue weighted by atomic mass is 9.82. The molecule has 7 nitrogen and oxygen atoms in total. The lowest BCUT2D eigenvalue weighted by molar-refractivity contribution is 0.660. The summed E-state index contributed by atoms with van der Waals surface area (Å²) in [6.45, 7) is 4.61. The van der Waals surface area contributed by atoms with Crippen LogP contribution in [-0.2, 0) is 5.41 Å². The Kier molecular flexibility index (Phi) is 6.94. The lowest BCUT2D eigenvalue weighted by Gasteiger charge is -2.27. The fourth-order valence-corrected chi connectivity index (χ4v) is 9.59. The van der Waals surface area contributed by atoms with Crippen molar-refractivity contribution >= 4 is 83.1 Å². The lowest BCUT2D eigenvalue weighted by Crippen LogP contribution is -2.18. The van der Waals surface area contributed by atoms with Gasteiger partial charge in [-0.05, 0) is 101 Å². The van der Waals surface area contributed by atoms with Crippen molar-refractivity contribution < 1.29 is 13.3 Å². The van der Waals surface area contributed by atoms with Crippen molar-refractivity contribution in [3.8, 4) is 33.9 Å². The van der Waals surface area contributed by atoms with Gasteiger partial charge in [0.2, 0.25) is 5.95 Å². The molecule has 12 aromatic rings. The van der Waals surface area contributed by atoms with Gasteiger partial charge in [-0.3, -0.25) is 4.90 Å². The van der Waals surface area contributed by atoms with E-state index in [1.807, 2.05) is 84.9 Å². The third-order valence-corrected chi connectivity index (χ3v) is 12.5. The van der Waals surface area contributed by atoms with E-state index in [1.165, 1.54) is 22.3 Å². The summed E-state index contributed by atoms with van der Waals surface area (Å²) in [6, 6.07) is 58.4. The molecule has 0 unspecified atom stereocenters. The molecule has 0 spiro atoms. The second-order valence-corrected chi connectivity index (χ2v) is 16.4. The molecule has 13 rings (SSSR count). The number of anilines is 3. The van der Waals surface area contributed by atoms with Gasteiger partial charge in [-0.15, -0.1) is 0 Å². The minimum absolute atomic E-state index is 0.233. The number of hydrogen-bond donors (Lipinski definition) is 0. The molecule has 0 radical (unpaired) electrons. The number of nitrogens with zero attached hydrogens (tertiary/aromatic N) is 4. The Morgan fingerprint density at radius 1 is 0.410 bits per heavy atom. The fourth-order valence-electron chi connectivity index (χ4n) is 9.59. The molecule has 1 aliphatic carbocycles. The molecule has 1 aliphatic rings. The summed E-state index contributed by atoms with van der Waals surface area (Å²) in [7, 11) is 0. The van der Waals surface area contributed by atoms with Crippen LogP contribution >= 0.6 is 0 Å². The van der Waals surface area contributed by atoms with Gasteiger partial charge >= 0.3 is 0 Å². The van der Waals surface area contributed by atoms with Crippen molar-refractivity contribution in [2.24, 2.45) is 0 Å². The van der Waals surface area contributed by atoms with Crippen LogP contribution in [0.15, 0.2) is 183 Å². The number of hydrogen-bond acceptors (Lipinski definition) is 7. The molecule has 0 fully saturated rings. The van der Waals surface area contributed by atoms with Crippen LogP contribution in [0.5, 0.6) is 0 Å². The average molecular weight is 787 g/mol. The van der Waals surface area contributed by atoms with E-state index in [-0.39, 0.29) is 5.41 Å². The molecule has 0 atom stereocenters. The summed E-state index contributed by atoms with van der Waals surface area (Å²) in [5.74, 6) is 1.54. The maximum absolute atomic E-state index is 6.49. The molecular weight excluding hydrogens is 753 g/mol. The molecule has 288 valence electrons. The summed E-state index contributed by atoms with van der Waals surface area (Å²) < 4.78 is 19.0. The highest BCUT2D eigenvalue weighted by molar-refractivity contribution is 6.13. The van der Waals surface area contributed by atoms with E-state index in [0.717, 1.165) is 88.3 Å². The largest absolute Gasteiger partial charge is 0.456 e. The molecule has 0 amide bonds. The van der Waals surface area contributed by atoms with Crippen LogP contribution in [0.4, 0.5) is 17.3 Å². The van der Waals surface area contributed by atoms with Crippen LogP contribution in [-0.4, -0.2) is 15.0 Å². The Morgan fingerprint density at radius 2 is 0.934 bits per heavy atom. The molecule has 0 saturated heterocycles. The molecule has 0 aliphatic heterocycles. The van der Waals surface area contributed by atoms with Gasteiger partial charge in [0.1, 0.15) is 33.5 Å². The van der Waals surface area contributed by atoms with Crippen LogP contribution < -0.4 is 4.90 Å². The normalized spacial score (nSPS) is 13.2. The van der Waals surface area contributed by atoms with E-state index >= 15 is 0 Å². The second kappa shape index (κ2) is 12.5. The van der Waals surface area contributed by atoms with Crippen LogP contribution in [0.3, 0.4) is 0 Å². The van der Waals surface area contributed by atoms with Crippen molar-refractivity contribution in [2.45, 2.75) is 19.3 Å². The van der Waals surface area contributed by atoms with Gasteiger partial charge < -0.3 is 13.3 Å². The third kappa shape index (κ3) is 5.01. The van der Waals surface area contributed by atoms with Gasteiger partial charge in [-0.25, -0.2) is 4.98 Å². The topological polar surface area (TPSA) is 81.3 Å². The van der Waals surface area contributed by atoms with Crippen molar-refractivity contribution in [3.63, 3.8) is 0 Å². The summed E-state index contributed by atoms with van der Waals surface area (Å²) in [5.41, 5.74) is 13.2. The summed E-state index contributed by atoms with van der Waals surface area (Å²) in [6.07, 6.45) is 0. The first-order valence-electron chi connectivity index (χ1n) is 20.5. The zero-order valence-electron chi connectivity index (χ0n) is 33.2. The van der Waals surface area contributed by atoms with Crippen LogP contribution in [0.2, 0.25) is 0 Å². The number of fused-ring (bicyclic) bond motifs is 12. The van der Waals surface area contributed by atoms with E-state index in [4.69, 9.17) is 28.2 Å². The summed E-state index contributed by atoms with van der Waals surface area (Å²) >= 11 is 0. The van der Waals surface area contributed by atoms with E-state index < -0.39 is 0 Å². The van der Waals surface area contributed by atoms with Crippen LogP contribution in [0, 0.1) is 0 Å². The molecular formula is C54H34N4O3. The molecule has 0 N–H and O–H groups in total. The van der Waals surface area contributed by atoms with Crippen LogP contribution in [0.25, 0.3) is 99.7 Å². The smallest absolute Gasteiger partial charge is 0.238 e. The number of para-hydroxylation sites is 3. The number of aromatic nitrogens is 3. The van der Waals surface area contributed by atoms with Gasteiger partial charge in [0.15, 0.2) is 11.6 Å². The van der Waals surface area contributed by atoms with Gasteiger partial charge in [-0.1, -0.05) is 105 Å². The van der Waals surface area contributed by atoms with E-state index in [0.29, 0.717) is 17.6 Å².